The van der Waals surface area contributed by atoms with E-state index in [1.807, 2.05) is 0 Å². The number of carboxylic acids is 1. The van der Waals surface area contributed by atoms with Gasteiger partial charge in [0.15, 0.2) is 0 Å². The molecule has 1 rings (SSSR count). The molecule has 5 nitrogen and oxygen atoms in total. The molecule has 0 radical (unpaired) electrons. The highest BCUT2D eigenvalue weighted by molar-refractivity contribution is 5.87. The van der Waals surface area contributed by atoms with Gasteiger partial charge in [-0.15, -0.1) is 0 Å². The second-order valence-electron chi connectivity index (χ2n) is 3.23. The molecule has 0 fully saturated rings. The molecule has 1 aliphatic rings. The molecule has 16 heavy (non-hydrogen) atoms. The van der Waals surface area contributed by atoms with Gasteiger partial charge in [0.2, 0.25) is 0 Å². The van der Waals surface area contributed by atoms with E-state index < -0.39 is 17.9 Å². The van der Waals surface area contributed by atoms with Gasteiger partial charge >= 0.3 is 12.1 Å². The van der Waals surface area contributed by atoms with Crippen molar-refractivity contribution < 1.29 is 23.8 Å². The van der Waals surface area contributed by atoms with Crippen LogP contribution in [0.5, 0.6) is 0 Å². The summed E-state index contributed by atoms with van der Waals surface area (Å²) in [6.07, 6.45) is 0.723. The Labute approximate surface area is 91.8 Å². The van der Waals surface area contributed by atoms with Gasteiger partial charge in [-0.25, -0.2) is 14.0 Å². The van der Waals surface area contributed by atoms with Crippen LogP contribution in [0.2, 0.25) is 0 Å². The van der Waals surface area contributed by atoms with Gasteiger partial charge in [-0.3, -0.25) is 0 Å². The Morgan fingerprint density at radius 1 is 1.62 bits per heavy atom. The van der Waals surface area contributed by atoms with E-state index in [2.05, 4.69) is 6.58 Å². The molecule has 0 unspecified atom stereocenters. The molecule has 0 aromatic carbocycles. The first-order chi connectivity index (χ1) is 7.56. The summed E-state index contributed by atoms with van der Waals surface area (Å²) in [6, 6.07) is 0. The summed E-state index contributed by atoms with van der Waals surface area (Å²) in [5.41, 5.74) is -0.271. The Morgan fingerprint density at radius 2 is 2.31 bits per heavy atom. The number of carboxylic acid groups (broad SMARTS) is 1. The number of amides is 1. The van der Waals surface area contributed by atoms with Gasteiger partial charge in [0.1, 0.15) is 12.4 Å². The SMILES string of the molecule is C=CCOC(=O)N1CCC(C(=O)O)=C(F)C1. The molecular formula is C10H12FNO4. The van der Waals surface area contributed by atoms with E-state index >= 15 is 0 Å². The topological polar surface area (TPSA) is 66.8 Å². The minimum Gasteiger partial charge on any atom is -0.478 e. The molecule has 0 aromatic heterocycles. The van der Waals surface area contributed by atoms with Crippen molar-refractivity contribution in [2.75, 3.05) is 19.7 Å². The van der Waals surface area contributed by atoms with Crippen molar-refractivity contribution in [2.24, 2.45) is 0 Å². The van der Waals surface area contributed by atoms with Crippen molar-refractivity contribution in [1.82, 2.24) is 4.90 Å². The highest BCUT2D eigenvalue weighted by atomic mass is 19.1. The zero-order chi connectivity index (χ0) is 12.1. The fourth-order valence-electron chi connectivity index (χ4n) is 1.32. The molecule has 1 N–H and O–H groups in total. The van der Waals surface area contributed by atoms with Crippen molar-refractivity contribution in [3.63, 3.8) is 0 Å². The summed E-state index contributed by atoms with van der Waals surface area (Å²) in [5, 5.41) is 8.63. The van der Waals surface area contributed by atoms with E-state index in [1.54, 1.807) is 0 Å². The number of ether oxygens (including phenoxy) is 1. The molecule has 88 valence electrons. The third kappa shape index (κ3) is 2.82. The van der Waals surface area contributed by atoms with Crippen LogP contribution in [0.3, 0.4) is 0 Å². The van der Waals surface area contributed by atoms with Gasteiger partial charge in [-0.1, -0.05) is 12.7 Å². The molecule has 0 atom stereocenters. The molecule has 0 saturated carbocycles. The van der Waals surface area contributed by atoms with Crippen LogP contribution in [0.15, 0.2) is 24.1 Å². The number of carbonyl (C=O) groups excluding carboxylic acids is 1. The van der Waals surface area contributed by atoms with Crippen molar-refractivity contribution >= 4 is 12.1 Å². The van der Waals surface area contributed by atoms with Gasteiger partial charge in [-0.05, 0) is 6.42 Å². The Bertz CT molecular complexity index is 351. The van der Waals surface area contributed by atoms with Crippen LogP contribution in [0.4, 0.5) is 9.18 Å². The largest absolute Gasteiger partial charge is 0.478 e. The minimum atomic E-state index is -1.28. The summed E-state index contributed by atoms with van der Waals surface area (Å²) in [7, 11) is 0. The lowest BCUT2D eigenvalue weighted by Crippen LogP contribution is -2.37. The predicted molar refractivity (Wildman–Crippen MR) is 53.5 cm³/mol. The standard InChI is InChI=1S/C10H12FNO4/c1-2-5-16-10(15)12-4-3-7(9(13)14)8(11)6-12/h2H,1,3-6H2,(H,13,14). The summed E-state index contributed by atoms with van der Waals surface area (Å²) >= 11 is 0. The van der Waals surface area contributed by atoms with E-state index in [1.165, 1.54) is 6.08 Å². The van der Waals surface area contributed by atoms with E-state index in [-0.39, 0.29) is 31.7 Å². The molecule has 1 heterocycles. The molecule has 0 aliphatic carbocycles. The highest BCUT2D eigenvalue weighted by Crippen LogP contribution is 2.19. The number of aliphatic carboxylic acids is 1. The quantitative estimate of drug-likeness (QED) is 0.741. The summed E-state index contributed by atoms with van der Waals surface area (Å²) in [5.74, 6) is -2.08. The van der Waals surface area contributed by atoms with Gasteiger partial charge in [-0.2, -0.15) is 0 Å². The monoisotopic (exact) mass is 229 g/mol. The molecule has 6 heteroatoms. The van der Waals surface area contributed by atoms with E-state index in [0.717, 1.165) is 4.90 Å². The fourth-order valence-corrected chi connectivity index (χ4v) is 1.32. The van der Waals surface area contributed by atoms with Crippen molar-refractivity contribution in [1.29, 1.82) is 0 Å². The second kappa shape index (κ2) is 5.29. The number of hydrogen-bond acceptors (Lipinski definition) is 3. The molecule has 1 amide bonds. The third-order valence-corrected chi connectivity index (χ3v) is 2.13. The lowest BCUT2D eigenvalue weighted by atomic mass is 10.1. The van der Waals surface area contributed by atoms with E-state index in [4.69, 9.17) is 9.84 Å². The Hall–Kier alpha value is -1.85. The van der Waals surface area contributed by atoms with Gasteiger partial charge in [0, 0.05) is 6.54 Å². The predicted octanol–water partition coefficient (Wildman–Crippen LogP) is 1.32. The lowest BCUT2D eigenvalue weighted by Gasteiger charge is -2.25. The molecule has 0 bridgehead atoms. The van der Waals surface area contributed by atoms with Crippen LogP contribution in [0.1, 0.15) is 6.42 Å². The second-order valence-corrected chi connectivity index (χ2v) is 3.23. The number of halogens is 1. The van der Waals surface area contributed by atoms with Gasteiger partial charge in [0.05, 0.1) is 12.1 Å². The number of nitrogens with zero attached hydrogens (tertiary/aromatic N) is 1. The van der Waals surface area contributed by atoms with Crippen LogP contribution in [-0.4, -0.2) is 41.8 Å². The normalized spacial score (nSPS) is 15.9. The maximum Gasteiger partial charge on any atom is 0.410 e. The first-order valence-electron chi connectivity index (χ1n) is 4.69. The molecule has 0 saturated heterocycles. The number of rotatable bonds is 3. The first kappa shape index (κ1) is 12.2. The van der Waals surface area contributed by atoms with Crippen molar-refractivity contribution in [2.45, 2.75) is 6.42 Å². The van der Waals surface area contributed by atoms with Crippen molar-refractivity contribution in [3.8, 4) is 0 Å². The fraction of sp³-hybridized carbons (Fsp3) is 0.400. The zero-order valence-electron chi connectivity index (χ0n) is 8.61. The maximum atomic E-state index is 13.3. The van der Waals surface area contributed by atoms with Crippen LogP contribution in [-0.2, 0) is 9.53 Å². The summed E-state index contributed by atoms with van der Waals surface area (Å²) in [6.45, 7) is 3.21. The third-order valence-electron chi connectivity index (χ3n) is 2.13. The van der Waals surface area contributed by atoms with Crippen LogP contribution >= 0.6 is 0 Å². The van der Waals surface area contributed by atoms with Crippen molar-refractivity contribution in [3.05, 3.63) is 24.1 Å². The average Bonchev–Trinajstić information content (AvgIpc) is 2.25. The molecule has 1 aliphatic heterocycles. The van der Waals surface area contributed by atoms with Crippen LogP contribution in [0.25, 0.3) is 0 Å². The number of hydrogen-bond donors (Lipinski definition) is 1. The molecular weight excluding hydrogens is 217 g/mol. The minimum absolute atomic E-state index is 0.00957. The van der Waals surface area contributed by atoms with E-state index in [9.17, 15) is 14.0 Å². The van der Waals surface area contributed by atoms with Gasteiger partial charge < -0.3 is 14.7 Å². The van der Waals surface area contributed by atoms with Crippen LogP contribution in [0, 0.1) is 0 Å². The zero-order valence-corrected chi connectivity index (χ0v) is 8.61. The average molecular weight is 229 g/mol. The summed E-state index contributed by atoms with van der Waals surface area (Å²) in [4.78, 5) is 23.0. The lowest BCUT2D eigenvalue weighted by molar-refractivity contribution is -0.133. The summed E-state index contributed by atoms with van der Waals surface area (Å²) < 4.78 is 18.0. The smallest absolute Gasteiger partial charge is 0.410 e. The van der Waals surface area contributed by atoms with Crippen LogP contribution < -0.4 is 0 Å². The Morgan fingerprint density at radius 3 is 2.81 bits per heavy atom. The first-order valence-corrected chi connectivity index (χ1v) is 4.69. The Balaban J connectivity index is 2.61. The number of carbonyl (C=O) groups is 2. The van der Waals surface area contributed by atoms with E-state index in [0.29, 0.717) is 0 Å². The molecule has 0 spiro atoms. The van der Waals surface area contributed by atoms with Gasteiger partial charge in [0.25, 0.3) is 0 Å². The highest BCUT2D eigenvalue weighted by Gasteiger charge is 2.26. The molecule has 0 aromatic rings. The Kier molecular flexibility index (Phi) is 4.04. The maximum absolute atomic E-state index is 13.3.